The van der Waals surface area contributed by atoms with Crippen LogP contribution in [0.3, 0.4) is 0 Å². The number of hydrogen-bond acceptors (Lipinski definition) is 3. The van der Waals surface area contributed by atoms with Crippen molar-refractivity contribution in [2.45, 2.75) is 19.0 Å². The Bertz CT molecular complexity index is 691. The van der Waals surface area contributed by atoms with Gasteiger partial charge in [0.05, 0.1) is 6.54 Å². The molecule has 0 radical (unpaired) electrons. The van der Waals surface area contributed by atoms with Crippen molar-refractivity contribution < 1.29 is 0 Å². The summed E-state index contributed by atoms with van der Waals surface area (Å²) in [6, 6.07) is 10.5. The van der Waals surface area contributed by atoms with E-state index in [0.29, 0.717) is 5.96 Å². The number of likely N-dealkylation sites (N-methyl/N-ethyl adjacent to an activating group) is 1. The van der Waals surface area contributed by atoms with Gasteiger partial charge in [-0.3, -0.25) is 0 Å². The monoisotopic (exact) mass is 346 g/mol. The number of benzene rings is 1. The molecule has 0 aliphatic carbocycles. The lowest BCUT2D eigenvalue weighted by atomic mass is 9.85. The predicted molar refractivity (Wildman–Crippen MR) is 89.3 cm³/mol. The molecule has 1 aromatic carbocycles. The van der Waals surface area contributed by atoms with Crippen LogP contribution in [0.5, 0.6) is 0 Å². The van der Waals surface area contributed by atoms with E-state index in [2.05, 4.69) is 58.0 Å². The zero-order chi connectivity index (χ0) is 15.0. The molecule has 0 amide bonds. The highest BCUT2D eigenvalue weighted by Crippen LogP contribution is 2.39. The van der Waals surface area contributed by atoms with E-state index in [1.165, 1.54) is 5.56 Å². The molecule has 1 atom stereocenters. The SMILES string of the molecule is CCn1ccc(C2(c3cccc(Br)c3)CN(C)C(N)=N2)c1. The Labute approximate surface area is 133 Å². The van der Waals surface area contributed by atoms with Crippen molar-refractivity contribution in [2.24, 2.45) is 10.7 Å². The fraction of sp³-hybridized carbons (Fsp3) is 0.312. The molecule has 2 N–H and O–H groups in total. The third-order valence-corrected chi connectivity index (χ3v) is 4.55. The minimum Gasteiger partial charge on any atom is -0.370 e. The van der Waals surface area contributed by atoms with E-state index in [4.69, 9.17) is 10.7 Å². The molecule has 0 bridgehead atoms. The Balaban J connectivity index is 2.17. The molecule has 110 valence electrons. The summed E-state index contributed by atoms with van der Waals surface area (Å²) in [5.41, 5.74) is 7.96. The predicted octanol–water partition coefficient (Wildman–Crippen LogP) is 2.77. The Morgan fingerprint density at radius 1 is 1.33 bits per heavy atom. The van der Waals surface area contributed by atoms with Crippen LogP contribution >= 0.6 is 15.9 Å². The van der Waals surface area contributed by atoms with Crippen molar-refractivity contribution >= 4 is 21.9 Å². The van der Waals surface area contributed by atoms with Crippen LogP contribution in [0.15, 0.2) is 52.2 Å². The van der Waals surface area contributed by atoms with E-state index >= 15 is 0 Å². The highest BCUT2D eigenvalue weighted by Gasteiger charge is 2.41. The molecule has 3 rings (SSSR count). The highest BCUT2D eigenvalue weighted by atomic mass is 79.9. The molecule has 4 nitrogen and oxygen atoms in total. The van der Waals surface area contributed by atoms with Crippen LogP contribution in [0.1, 0.15) is 18.1 Å². The molecule has 1 aromatic heterocycles. The summed E-state index contributed by atoms with van der Waals surface area (Å²) in [6.45, 7) is 3.83. The number of aryl methyl sites for hydroxylation is 1. The first-order chi connectivity index (χ1) is 10.0. The van der Waals surface area contributed by atoms with Gasteiger partial charge in [-0.25, -0.2) is 4.99 Å². The largest absolute Gasteiger partial charge is 0.370 e. The molecule has 0 saturated carbocycles. The van der Waals surface area contributed by atoms with Gasteiger partial charge in [-0.1, -0.05) is 28.1 Å². The second kappa shape index (κ2) is 5.22. The molecular formula is C16H19BrN4. The van der Waals surface area contributed by atoms with Crippen molar-refractivity contribution in [2.75, 3.05) is 13.6 Å². The van der Waals surface area contributed by atoms with Crippen LogP contribution in [-0.2, 0) is 12.1 Å². The van der Waals surface area contributed by atoms with E-state index in [1.54, 1.807) is 0 Å². The number of rotatable bonds is 3. The number of aliphatic imine (C=N–C) groups is 1. The van der Waals surface area contributed by atoms with Gasteiger partial charge in [0.1, 0.15) is 5.54 Å². The molecule has 1 aliphatic heterocycles. The fourth-order valence-electron chi connectivity index (χ4n) is 2.85. The molecular weight excluding hydrogens is 328 g/mol. The minimum absolute atomic E-state index is 0.428. The number of guanidine groups is 1. The van der Waals surface area contributed by atoms with Crippen LogP contribution in [0.4, 0.5) is 0 Å². The zero-order valence-electron chi connectivity index (χ0n) is 12.3. The van der Waals surface area contributed by atoms with Crippen LogP contribution in [-0.4, -0.2) is 29.0 Å². The lowest BCUT2D eigenvalue weighted by Gasteiger charge is -2.27. The van der Waals surface area contributed by atoms with E-state index in [9.17, 15) is 0 Å². The molecule has 2 aromatic rings. The first-order valence-electron chi connectivity index (χ1n) is 7.04. The normalized spacial score (nSPS) is 21.7. The molecule has 1 aliphatic rings. The third-order valence-electron chi connectivity index (χ3n) is 4.06. The summed E-state index contributed by atoms with van der Waals surface area (Å²) in [4.78, 5) is 6.82. The van der Waals surface area contributed by atoms with E-state index in [1.807, 2.05) is 24.1 Å². The fourth-order valence-corrected chi connectivity index (χ4v) is 3.25. The topological polar surface area (TPSA) is 46.5 Å². The smallest absolute Gasteiger partial charge is 0.192 e. The minimum atomic E-state index is -0.428. The molecule has 21 heavy (non-hydrogen) atoms. The zero-order valence-corrected chi connectivity index (χ0v) is 13.8. The lowest BCUT2D eigenvalue weighted by Crippen LogP contribution is -2.34. The summed E-state index contributed by atoms with van der Waals surface area (Å²) < 4.78 is 3.22. The summed E-state index contributed by atoms with van der Waals surface area (Å²) in [6.07, 6.45) is 4.26. The Hall–Kier alpha value is -1.75. The van der Waals surface area contributed by atoms with Crippen molar-refractivity contribution in [3.8, 4) is 0 Å². The van der Waals surface area contributed by atoms with Crippen molar-refractivity contribution in [3.05, 3.63) is 58.3 Å². The average molecular weight is 347 g/mol. The van der Waals surface area contributed by atoms with E-state index < -0.39 is 5.54 Å². The van der Waals surface area contributed by atoms with Crippen molar-refractivity contribution in [1.82, 2.24) is 9.47 Å². The highest BCUT2D eigenvalue weighted by molar-refractivity contribution is 9.10. The number of halogens is 1. The number of aromatic nitrogens is 1. The molecule has 2 heterocycles. The van der Waals surface area contributed by atoms with Crippen LogP contribution in [0.25, 0.3) is 0 Å². The number of nitrogens with zero attached hydrogens (tertiary/aromatic N) is 3. The second-order valence-electron chi connectivity index (χ2n) is 5.43. The lowest BCUT2D eigenvalue weighted by molar-refractivity contribution is 0.432. The molecule has 0 fully saturated rings. The maximum Gasteiger partial charge on any atom is 0.192 e. The molecule has 0 spiro atoms. The molecule has 5 heteroatoms. The van der Waals surface area contributed by atoms with Gasteiger partial charge in [0.2, 0.25) is 0 Å². The summed E-state index contributed by atoms with van der Waals surface area (Å²) in [5.74, 6) is 0.583. The van der Waals surface area contributed by atoms with E-state index in [-0.39, 0.29) is 0 Å². The van der Waals surface area contributed by atoms with Gasteiger partial charge >= 0.3 is 0 Å². The summed E-state index contributed by atoms with van der Waals surface area (Å²) in [7, 11) is 1.98. The van der Waals surface area contributed by atoms with Crippen LogP contribution in [0.2, 0.25) is 0 Å². The molecule has 0 saturated heterocycles. The summed E-state index contributed by atoms with van der Waals surface area (Å²) >= 11 is 3.56. The van der Waals surface area contributed by atoms with Crippen molar-refractivity contribution in [3.63, 3.8) is 0 Å². The van der Waals surface area contributed by atoms with Gasteiger partial charge in [0.15, 0.2) is 5.96 Å². The van der Waals surface area contributed by atoms with Gasteiger partial charge in [-0.2, -0.15) is 0 Å². The summed E-state index contributed by atoms with van der Waals surface area (Å²) in [5, 5.41) is 0. The van der Waals surface area contributed by atoms with Crippen LogP contribution in [0, 0.1) is 0 Å². The Morgan fingerprint density at radius 3 is 2.71 bits per heavy atom. The van der Waals surface area contributed by atoms with Gasteiger partial charge < -0.3 is 15.2 Å². The van der Waals surface area contributed by atoms with Gasteiger partial charge in [-0.15, -0.1) is 0 Å². The standard InChI is InChI=1S/C16H19BrN4/c1-3-21-8-7-13(10-21)16(11-20(2)15(18)19-16)12-5-4-6-14(17)9-12/h4-10H,3,11H2,1-2H3,(H2,18,19). The third kappa shape index (κ3) is 2.35. The first-order valence-corrected chi connectivity index (χ1v) is 7.83. The van der Waals surface area contributed by atoms with Crippen molar-refractivity contribution in [1.29, 1.82) is 0 Å². The maximum atomic E-state index is 6.06. The van der Waals surface area contributed by atoms with Crippen LogP contribution < -0.4 is 5.73 Å². The first kappa shape index (κ1) is 14.2. The van der Waals surface area contributed by atoms with Gasteiger partial charge in [0.25, 0.3) is 0 Å². The van der Waals surface area contributed by atoms with Gasteiger partial charge in [-0.05, 0) is 30.7 Å². The van der Waals surface area contributed by atoms with Gasteiger partial charge in [0, 0.05) is 36.0 Å². The molecule has 1 unspecified atom stereocenters. The Morgan fingerprint density at radius 2 is 2.14 bits per heavy atom. The number of nitrogens with two attached hydrogens (primary N) is 1. The average Bonchev–Trinajstić information content (AvgIpc) is 3.05. The number of hydrogen-bond donors (Lipinski definition) is 1. The quantitative estimate of drug-likeness (QED) is 0.928. The van der Waals surface area contributed by atoms with E-state index in [0.717, 1.165) is 23.1 Å². The Kier molecular flexibility index (Phi) is 3.53. The maximum absolute atomic E-state index is 6.06. The second-order valence-corrected chi connectivity index (χ2v) is 6.34.